The molecule has 0 aromatic heterocycles. The van der Waals surface area contributed by atoms with Gasteiger partial charge >= 0.3 is 5.97 Å². The Labute approximate surface area is 149 Å². The summed E-state index contributed by atoms with van der Waals surface area (Å²) in [5.74, 6) is -0.566. The third kappa shape index (κ3) is 3.82. The Morgan fingerprint density at radius 2 is 1.96 bits per heavy atom. The van der Waals surface area contributed by atoms with Crippen molar-refractivity contribution in [3.8, 4) is 0 Å². The Kier molecular flexibility index (Phi) is 6.44. The number of likely N-dealkylation sites (N-methyl/N-ethyl adjacent to an activating group) is 1. The number of hydrogen-bond acceptors (Lipinski definition) is 4. The maximum atomic E-state index is 12.8. The van der Waals surface area contributed by atoms with Gasteiger partial charge in [-0.05, 0) is 31.0 Å². The number of hydrogen-bond donors (Lipinski definition) is 1. The smallest absolute Gasteiger partial charge is 0.343 e. The molecule has 0 saturated heterocycles. The molecule has 2 aliphatic rings. The molecule has 5 heteroatoms. The van der Waals surface area contributed by atoms with Gasteiger partial charge < -0.3 is 9.84 Å². The summed E-state index contributed by atoms with van der Waals surface area (Å²) in [7, 11) is 2.03. The van der Waals surface area contributed by atoms with Crippen LogP contribution in [0.4, 0.5) is 0 Å². The first-order chi connectivity index (χ1) is 11.1. The molecule has 1 unspecified atom stereocenters. The molecule has 1 heterocycles. The molecular weight excluding hydrogens is 326 g/mol. The Morgan fingerprint density at radius 3 is 2.54 bits per heavy atom. The van der Waals surface area contributed by atoms with Gasteiger partial charge in [-0.3, -0.25) is 4.90 Å². The molecule has 24 heavy (non-hydrogen) atoms. The fourth-order valence-electron chi connectivity index (χ4n) is 3.69. The van der Waals surface area contributed by atoms with Gasteiger partial charge in [0, 0.05) is 19.0 Å². The lowest BCUT2D eigenvalue weighted by Gasteiger charge is -2.32. The Morgan fingerprint density at radius 1 is 1.29 bits per heavy atom. The predicted molar refractivity (Wildman–Crippen MR) is 96.1 cm³/mol. The second-order valence-corrected chi connectivity index (χ2v) is 6.75. The second kappa shape index (κ2) is 8.15. The third-order valence-electron chi connectivity index (χ3n) is 5.02. The molecule has 3 rings (SSSR count). The van der Waals surface area contributed by atoms with Crippen LogP contribution in [0.5, 0.6) is 0 Å². The van der Waals surface area contributed by atoms with Gasteiger partial charge in [0.2, 0.25) is 0 Å². The first-order valence-electron chi connectivity index (χ1n) is 8.42. The molecule has 1 saturated carbocycles. The molecule has 1 aliphatic heterocycles. The maximum Gasteiger partial charge on any atom is 0.343 e. The van der Waals surface area contributed by atoms with Crippen molar-refractivity contribution < 1.29 is 14.6 Å². The Bertz CT molecular complexity index is 584. The van der Waals surface area contributed by atoms with Crippen molar-refractivity contribution in [2.24, 2.45) is 5.92 Å². The van der Waals surface area contributed by atoms with Crippen LogP contribution >= 0.6 is 12.4 Å². The Balaban J connectivity index is 0.00000208. The van der Waals surface area contributed by atoms with E-state index in [0.717, 1.165) is 44.3 Å². The zero-order valence-electron chi connectivity index (χ0n) is 14.1. The van der Waals surface area contributed by atoms with Crippen LogP contribution in [-0.2, 0) is 15.1 Å². The van der Waals surface area contributed by atoms with E-state index in [1.165, 1.54) is 0 Å². The summed E-state index contributed by atoms with van der Waals surface area (Å²) in [6.45, 7) is 1.98. The fraction of sp³-hybridized carbons (Fsp3) is 0.526. The van der Waals surface area contributed by atoms with Crippen molar-refractivity contribution in [3.05, 3.63) is 47.5 Å². The van der Waals surface area contributed by atoms with Gasteiger partial charge in [-0.25, -0.2) is 4.79 Å². The van der Waals surface area contributed by atoms with Crippen LogP contribution in [-0.4, -0.2) is 42.7 Å². The number of rotatable bonds is 5. The first kappa shape index (κ1) is 19.0. The lowest BCUT2D eigenvalue weighted by molar-refractivity contribution is -0.172. The highest BCUT2D eigenvalue weighted by Gasteiger charge is 2.47. The van der Waals surface area contributed by atoms with E-state index in [-0.39, 0.29) is 24.9 Å². The van der Waals surface area contributed by atoms with E-state index >= 15 is 0 Å². The van der Waals surface area contributed by atoms with Crippen LogP contribution in [0.1, 0.15) is 31.2 Å². The number of carbonyl (C=O) groups excluding carboxylic acids is 1. The van der Waals surface area contributed by atoms with Crippen molar-refractivity contribution in [2.75, 3.05) is 26.7 Å². The highest BCUT2D eigenvalue weighted by molar-refractivity contribution is 5.85. The van der Waals surface area contributed by atoms with Gasteiger partial charge in [0.1, 0.15) is 6.61 Å². The lowest BCUT2D eigenvalue weighted by atomic mass is 9.80. The van der Waals surface area contributed by atoms with Crippen LogP contribution in [0.15, 0.2) is 42.0 Å². The zero-order valence-corrected chi connectivity index (χ0v) is 14.9. The van der Waals surface area contributed by atoms with E-state index in [0.29, 0.717) is 5.56 Å². The maximum absolute atomic E-state index is 12.8. The van der Waals surface area contributed by atoms with Crippen molar-refractivity contribution in [3.63, 3.8) is 0 Å². The number of benzene rings is 1. The van der Waals surface area contributed by atoms with Gasteiger partial charge in [0.15, 0.2) is 5.60 Å². The van der Waals surface area contributed by atoms with Crippen molar-refractivity contribution in [2.45, 2.75) is 31.3 Å². The highest BCUT2D eigenvalue weighted by atomic mass is 35.5. The highest BCUT2D eigenvalue weighted by Crippen LogP contribution is 2.41. The quantitative estimate of drug-likeness (QED) is 0.654. The monoisotopic (exact) mass is 351 g/mol. The molecule has 1 aromatic rings. The predicted octanol–water partition coefficient (Wildman–Crippen LogP) is 2.90. The van der Waals surface area contributed by atoms with Crippen LogP contribution in [0, 0.1) is 5.92 Å². The summed E-state index contributed by atoms with van der Waals surface area (Å²) in [4.78, 5) is 14.9. The molecule has 1 N–H and O–H groups in total. The number of carbonyl (C=O) groups is 1. The average molecular weight is 352 g/mol. The molecule has 0 bridgehead atoms. The van der Waals surface area contributed by atoms with Crippen LogP contribution in [0.2, 0.25) is 0 Å². The molecule has 1 aliphatic carbocycles. The molecule has 0 radical (unpaired) electrons. The molecule has 0 spiro atoms. The number of esters is 1. The van der Waals surface area contributed by atoms with Gasteiger partial charge in [0.05, 0.1) is 0 Å². The van der Waals surface area contributed by atoms with Crippen LogP contribution in [0.3, 0.4) is 0 Å². The van der Waals surface area contributed by atoms with E-state index in [9.17, 15) is 9.90 Å². The van der Waals surface area contributed by atoms with Crippen molar-refractivity contribution in [1.29, 1.82) is 0 Å². The topological polar surface area (TPSA) is 49.8 Å². The number of halogens is 1. The standard InChI is InChI=1S/C19H25NO3.ClH/c1-20-12-11-15(13-20)14-23-18(21)19(22,17-9-5-6-10-17)16-7-3-2-4-8-16;/h2-4,7-8,11,17,22H,5-6,9-10,12-14H2,1H3;1H. The Hall–Kier alpha value is -1.36. The summed E-state index contributed by atoms with van der Waals surface area (Å²) in [6.07, 6.45) is 5.94. The van der Waals surface area contributed by atoms with E-state index in [2.05, 4.69) is 11.0 Å². The summed E-state index contributed by atoms with van der Waals surface area (Å²) < 4.78 is 5.52. The number of nitrogens with zero attached hydrogens (tertiary/aromatic N) is 1. The number of ether oxygens (including phenoxy) is 1. The molecule has 0 amide bonds. The van der Waals surface area contributed by atoms with E-state index < -0.39 is 11.6 Å². The minimum atomic E-state index is -1.52. The van der Waals surface area contributed by atoms with E-state index in [1.54, 1.807) is 0 Å². The summed E-state index contributed by atoms with van der Waals surface area (Å²) >= 11 is 0. The molecule has 132 valence electrons. The summed E-state index contributed by atoms with van der Waals surface area (Å²) in [5.41, 5.74) is 0.222. The van der Waals surface area contributed by atoms with Crippen LogP contribution in [0.25, 0.3) is 0 Å². The SMILES string of the molecule is CN1CC=C(COC(=O)C(O)(c2ccccc2)C2CCCC2)C1.Cl. The van der Waals surface area contributed by atoms with Gasteiger partial charge in [-0.15, -0.1) is 12.4 Å². The average Bonchev–Trinajstić information content (AvgIpc) is 3.24. The molecule has 1 fully saturated rings. The summed E-state index contributed by atoms with van der Waals surface area (Å²) in [6, 6.07) is 9.25. The van der Waals surface area contributed by atoms with Crippen molar-refractivity contribution >= 4 is 18.4 Å². The van der Waals surface area contributed by atoms with Gasteiger partial charge in [0.25, 0.3) is 0 Å². The number of aliphatic hydroxyl groups is 1. The first-order valence-corrected chi connectivity index (χ1v) is 8.42. The van der Waals surface area contributed by atoms with E-state index in [4.69, 9.17) is 4.74 Å². The zero-order chi connectivity index (χ0) is 16.3. The normalized spacial score (nSPS) is 21.0. The minimum Gasteiger partial charge on any atom is -0.459 e. The summed E-state index contributed by atoms with van der Waals surface area (Å²) in [5, 5.41) is 11.3. The van der Waals surface area contributed by atoms with Gasteiger partial charge in [-0.2, -0.15) is 0 Å². The van der Waals surface area contributed by atoms with Gasteiger partial charge in [-0.1, -0.05) is 49.2 Å². The fourth-order valence-corrected chi connectivity index (χ4v) is 3.69. The third-order valence-corrected chi connectivity index (χ3v) is 5.02. The largest absolute Gasteiger partial charge is 0.459 e. The molecule has 4 nitrogen and oxygen atoms in total. The molecule has 1 aromatic carbocycles. The lowest BCUT2D eigenvalue weighted by Crippen LogP contribution is -2.43. The van der Waals surface area contributed by atoms with E-state index in [1.807, 2.05) is 37.4 Å². The van der Waals surface area contributed by atoms with Crippen LogP contribution < -0.4 is 0 Å². The van der Waals surface area contributed by atoms with Crippen molar-refractivity contribution in [1.82, 2.24) is 4.90 Å². The molecular formula is C19H26ClNO3. The molecule has 1 atom stereocenters. The second-order valence-electron chi connectivity index (χ2n) is 6.75. The minimum absolute atomic E-state index is 0.